The number of hydrogen-bond acceptors (Lipinski definition) is 7. The van der Waals surface area contributed by atoms with Crippen molar-refractivity contribution in [1.82, 2.24) is 35.3 Å². The molecule has 0 aliphatic heterocycles. The average molecular weight is 347 g/mol. The number of nitrogens with one attached hydrogen (secondary N) is 3. The average Bonchev–Trinajstić information content (AvgIpc) is 3.18. The maximum absolute atomic E-state index is 5.96. The topological polar surface area (TPSA) is 134 Å². The number of fused-ring (bicyclic) bond motifs is 1. The van der Waals surface area contributed by atoms with Gasteiger partial charge in [-0.25, -0.2) is 4.98 Å². The van der Waals surface area contributed by atoms with Crippen molar-refractivity contribution in [2.24, 2.45) is 0 Å². The van der Waals surface area contributed by atoms with E-state index in [1.54, 1.807) is 12.4 Å². The Balaban J connectivity index is 1.57. The standard InChI is InChI=1S/C17H17N9/c1-8-14(15-10-7-20-24-11(10)4-5-19-15)22-17(18)23-16(8)21-13-6-12(25-26-13)9-2-3-9/h4-7,9H,2-3H2,1H3,(H,20,24)(H4,18,21,22,23,25,26). The number of aromatic nitrogens is 7. The Bertz CT molecular complexity index is 1110. The molecule has 0 unspecified atom stereocenters. The highest BCUT2D eigenvalue weighted by atomic mass is 15.2. The zero-order valence-electron chi connectivity index (χ0n) is 14.1. The van der Waals surface area contributed by atoms with Gasteiger partial charge in [-0.1, -0.05) is 0 Å². The monoisotopic (exact) mass is 347 g/mol. The van der Waals surface area contributed by atoms with Crippen LogP contribution in [0, 0.1) is 6.92 Å². The smallest absolute Gasteiger partial charge is 0.222 e. The molecule has 130 valence electrons. The third-order valence-electron chi connectivity index (χ3n) is 4.62. The lowest BCUT2D eigenvalue weighted by Crippen LogP contribution is -2.06. The first-order valence-corrected chi connectivity index (χ1v) is 8.44. The Morgan fingerprint density at radius 1 is 1.19 bits per heavy atom. The Kier molecular flexibility index (Phi) is 3.14. The van der Waals surface area contributed by atoms with Gasteiger partial charge in [0.1, 0.15) is 17.2 Å². The van der Waals surface area contributed by atoms with E-state index < -0.39 is 0 Å². The summed E-state index contributed by atoms with van der Waals surface area (Å²) in [5.41, 5.74) is 10.2. The molecule has 1 aliphatic carbocycles. The van der Waals surface area contributed by atoms with Crippen molar-refractivity contribution < 1.29 is 0 Å². The highest BCUT2D eigenvalue weighted by molar-refractivity contribution is 5.92. The van der Waals surface area contributed by atoms with Crippen molar-refractivity contribution in [2.45, 2.75) is 25.7 Å². The van der Waals surface area contributed by atoms with E-state index in [1.165, 1.54) is 12.8 Å². The third-order valence-corrected chi connectivity index (χ3v) is 4.62. The van der Waals surface area contributed by atoms with Gasteiger partial charge in [-0.2, -0.15) is 15.2 Å². The molecule has 0 bridgehead atoms. The van der Waals surface area contributed by atoms with Crippen LogP contribution in [0.2, 0.25) is 0 Å². The molecule has 5 rings (SSSR count). The summed E-state index contributed by atoms with van der Waals surface area (Å²) in [4.78, 5) is 13.2. The summed E-state index contributed by atoms with van der Waals surface area (Å²) in [5.74, 6) is 2.11. The van der Waals surface area contributed by atoms with Crippen molar-refractivity contribution in [1.29, 1.82) is 0 Å². The van der Waals surface area contributed by atoms with Crippen LogP contribution < -0.4 is 11.1 Å². The quantitative estimate of drug-likeness (QED) is 0.446. The van der Waals surface area contributed by atoms with Crippen LogP contribution in [-0.4, -0.2) is 35.3 Å². The van der Waals surface area contributed by atoms with E-state index in [1.807, 2.05) is 19.1 Å². The van der Waals surface area contributed by atoms with Crippen molar-refractivity contribution in [2.75, 3.05) is 11.1 Å². The number of aromatic amines is 2. The molecule has 0 spiro atoms. The van der Waals surface area contributed by atoms with Gasteiger partial charge in [-0.3, -0.25) is 15.2 Å². The summed E-state index contributed by atoms with van der Waals surface area (Å²) in [6.45, 7) is 1.94. The second-order valence-electron chi connectivity index (χ2n) is 6.50. The SMILES string of the molecule is Cc1c(Nc2cc(C3CC3)[nH]n2)nc(N)nc1-c1nccc2[nH]ncc12. The Morgan fingerprint density at radius 3 is 2.92 bits per heavy atom. The highest BCUT2D eigenvalue weighted by Crippen LogP contribution is 2.40. The first-order chi connectivity index (χ1) is 12.7. The van der Waals surface area contributed by atoms with Gasteiger partial charge in [-0.15, -0.1) is 0 Å². The summed E-state index contributed by atoms with van der Waals surface area (Å²) in [6, 6.07) is 3.89. The fourth-order valence-electron chi connectivity index (χ4n) is 3.07. The molecule has 0 radical (unpaired) electrons. The lowest BCUT2D eigenvalue weighted by atomic mass is 10.1. The van der Waals surface area contributed by atoms with Crippen molar-refractivity contribution in [3.05, 3.63) is 35.8 Å². The van der Waals surface area contributed by atoms with Crippen LogP contribution >= 0.6 is 0 Å². The van der Waals surface area contributed by atoms with Crippen LogP contribution in [0.5, 0.6) is 0 Å². The zero-order chi connectivity index (χ0) is 17.7. The highest BCUT2D eigenvalue weighted by Gasteiger charge is 2.25. The molecule has 4 heterocycles. The fourth-order valence-corrected chi connectivity index (χ4v) is 3.07. The van der Waals surface area contributed by atoms with Crippen LogP contribution in [0.25, 0.3) is 22.3 Å². The summed E-state index contributed by atoms with van der Waals surface area (Å²) >= 11 is 0. The van der Waals surface area contributed by atoms with Gasteiger partial charge in [-0.05, 0) is 25.8 Å². The van der Waals surface area contributed by atoms with E-state index in [2.05, 4.69) is 40.7 Å². The molecule has 0 aromatic carbocycles. The summed E-state index contributed by atoms with van der Waals surface area (Å²) in [6.07, 6.45) is 5.88. The van der Waals surface area contributed by atoms with Crippen LogP contribution in [0.1, 0.15) is 30.0 Å². The second kappa shape index (κ2) is 5.51. The number of pyridine rings is 1. The summed E-state index contributed by atoms with van der Waals surface area (Å²) in [7, 11) is 0. The van der Waals surface area contributed by atoms with E-state index >= 15 is 0 Å². The second-order valence-corrected chi connectivity index (χ2v) is 6.50. The van der Waals surface area contributed by atoms with E-state index in [4.69, 9.17) is 5.73 Å². The van der Waals surface area contributed by atoms with Crippen molar-refractivity contribution in [3.8, 4) is 11.4 Å². The maximum Gasteiger partial charge on any atom is 0.222 e. The van der Waals surface area contributed by atoms with Gasteiger partial charge in [0.05, 0.1) is 11.7 Å². The summed E-state index contributed by atoms with van der Waals surface area (Å²) < 4.78 is 0. The molecule has 26 heavy (non-hydrogen) atoms. The molecule has 1 saturated carbocycles. The normalized spacial score (nSPS) is 14.0. The Labute approximate surface area is 148 Å². The number of nitrogens with two attached hydrogens (primary N) is 1. The Morgan fingerprint density at radius 2 is 2.08 bits per heavy atom. The number of nitrogens with zero attached hydrogens (tertiary/aromatic N) is 5. The molecule has 9 nitrogen and oxygen atoms in total. The van der Waals surface area contributed by atoms with Crippen LogP contribution in [0.4, 0.5) is 17.6 Å². The van der Waals surface area contributed by atoms with Gasteiger partial charge in [0.25, 0.3) is 0 Å². The van der Waals surface area contributed by atoms with Crippen LogP contribution in [-0.2, 0) is 0 Å². The fraction of sp³-hybridized carbons (Fsp3) is 0.235. The van der Waals surface area contributed by atoms with Crippen molar-refractivity contribution >= 4 is 28.5 Å². The number of hydrogen-bond donors (Lipinski definition) is 4. The number of H-pyrrole nitrogens is 2. The van der Waals surface area contributed by atoms with E-state index in [0.29, 0.717) is 28.9 Å². The molecular formula is C17H17N9. The predicted octanol–water partition coefficient (Wildman–Crippen LogP) is 2.65. The lowest BCUT2D eigenvalue weighted by Gasteiger charge is -2.11. The number of rotatable bonds is 4. The van der Waals surface area contributed by atoms with E-state index in [9.17, 15) is 0 Å². The summed E-state index contributed by atoms with van der Waals surface area (Å²) in [5, 5.41) is 18.6. The minimum absolute atomic E-state index is 0.174. The molecule has 9 heteroatoms. The van der Waals surface area contributed by atoms with E-state index in [0.717, 1.165) is 22.2 Å². The molecule has 4 aromatic rings. The molecule has 1 aliphatic rings. The lowest BCUT2D eigenvalue weighted by molar-refractivity contribution is 0.966. The van der Waals surface area contributed by atoms with Gasteiger partial charge >= 0.3 is 0 Å². The van der Waals surface area contributed by atoms with Crippen molar-refractivity contribution in [3.63, 3.8) is 0 Å². The minimum Gasteiger partial charge on any atom is -0.368 e. The predicted molar refractivity (Wildman–Crippen MR) is 97.9 cm³/mol. The molecule has 0 amide bonds. The first-order valence-electron chi connectivity index (χ1n) is 8.44. The largest absolute Gasteiger partial charge is 0.368 e. The maximum atomic E-state index is 5.96. The van der Waals surface area contributed by atoms with Gasteiger partial charge < -0.3 is 11.1 Å². The molecule has 0 saturated heterocycles. The molecule has 4 aromatic heterocycles. The number of anilines is 3. The van der Waals surface area contributed by atoms with Gasteiger partial charge in [0.2, 0.25) is 5.95 Å². The number of nitrogen functional groups attached to an aromatic ring is 1. The van der Waals surface area contributed by atoms with Gasteiger partial charge in [0.15, 0.2) is 5.82 Å². The van der Waals surface area contributed by atoms with Gasteiger partial charge in [0, 0.05) is 34.8 Å². The minimum atomic E-state index is 0.174. The molecular weight excluding hydrogens is 330 g/mol. The van der Waals surface area contributed by atoms with Crippen LogP contribution in [0.3, 0.4) is 0 Å². The molecule has 1 fully saturated rings. The Hall–Kier alpha value is -3.49. The first kappa shape index (κ1) is 14.8. The van der Waals surface area contributed by atoms with Crippen LogP contribution in [0.15, 0.2) is 24.5 Å². The zero-order valence-corrected chi connectivity index (χ0v) is 14.1. The van der Waals surface area contributed by atoms with E-state index in [-0.39, 0.29) is 5.95 Å². The molecule has 0 atom stereocenters. The third kappa shape index (κ3) is 2.44. The molecule has 5 N–H and O–H groups in total.